The first-order valence-electron chi connectivity index (χ1n) is 6.26. The van der Waals surface area contributed by atoms with E-state index in [1.807, 2.05) is 0 Å². The van der Waals surface area contributed by atoms with Gasteiger partial charge < -0.3 is 16.0 Å². The Morgan fingerprint density at radius 3 is 3.00 bits per heavy atom. The van der Waals surface area contributed by atoms with Crippen LogP contribution in [0.25, 0.3) is 0 Å². The molecule has 98 valence electrons. The average molecular weight is 265 g/mol. The molecule has 1 aliphatic rings. The summed E-state index contributed by atoms with van der Waals surface area (Å²) in [6.07, 6.45) is 0. The normalized spacial score (nSPS) is 14.2. The van der Waals surface area contributed by atoms with E-state index in [-0.39, 0.29) is 5.91 Å². The van der Waals surface area contributed by atoms with Crippen LogP contribution in [0.1, 0.15) is 12.5 Å². The van der Waals surface area contributed by atoms with Gasteiger partial charge in [-0.3, -0.25) is 4.79 Å². The van der Waals surface area contributed by atoms with Crippen molar-refractivity contribution in [1.29, 1.82) is 0 Å². The van der Waals surface area contributed by atoms with Crippen LogP contribution in [0.4, 0.5) is 5.69 Å². The molecule has 5 heteroatoms. The third-order valence-corrected chi connectivity index (χ3v) is 3.81. The number of amides is 1. The summed E-state index contributed by atoms with van der Waals surface area (Å²) in [6, 6.07) is 6.25. The molecule has 0 saturated heterocycles. The molecule has 1 aromatic rings. The van der Waals surface area contributed by atoms with E-state index in [9.17, 15) is 4.79 Å². The number of carbonyl (C=O) groups excluding carboxylic acids is 1. The maximum Gasteiger partial charge on any atom is 0.234 e. The van der Waals surface area contributed by atoms with Gasteiger partial charge >= 0.3 is 0 Å². The second-order valence-corrected chi connectivity index (χ2v) is 5.21. The molecule has 0 radical (unpaired) electrons. The summed E-state index contributed by atoms with van der Waals surface area (Å²) < 4.78 is 0. The van der Waals surface area contributed by atoms with Crippen LogP contribution in [0, 0.1) is 0 Å². The summed E-state index contributed by atoms with van der Waals surface area (Å²) in [6.45, 7) is 5.87. The van der Waals surface area contributed by atoms with E-state index >= 15 is 0 Å². The first-order chi connectivity index (χ1) is 8.79. The largest absolute Gasteiger partial charge is 0.324 e. The number of likely N-dealkylation sites (N-methyl/N-ethyl adjacent to an activating group) is 1. The quantitative estimate of drug-likeness (QED) is 0.681. The van der Waals surface area contributed by atoms with Crippen LogP contribution in [0.5, 0.6) is 0 Å². The van der Waals surface area contributed by atoms with Crippen LogP contribution in [0.2, 0.25) is 0 Å². The Labute approximate surface area is 112 Å². The highest BCUT2D eigenvalue weighted by atomic mass is 32.2. The zero-order valence-corrected chi connectivity index (χ0v) is 11.4. The Morgan fingerprint density at radius 2 is 2.17 bits per heavy atom. The smallest absolute Gasteiger partial charge is 0.234 e. The van der Waals surface area contributed by atoms with Crippen LogP contribution in [-0.2, 0) is 11.3 Å². The second kappa shape index (κ2) is 6.78. The standard InChI is InChI=1S/C13H19N3OS/c1-2-14-5-6-15-8-10-3-4-12-11(7-10)16-13(17)9-18-12/h3-4,7,14-15H,2,5-6,8-9H2,1H3,(H,16,17). The molecule has 2 rings (SSSR count). The molecule has 0 saturated carbocycles. The van der Waals surface area contributed by atoms with Gasteiger partial charge in [0, 0.05) is 24.5 Å². The minimum absolute atomic E-state index is 0.0877. The number of benzene rings is 1. The van der Waals surface area contributed by atoms with Gasteiger partial charge in [-0.1, -0.05) is 13.0 Å². The number of fused-ring (bicyclic) bond motifs is 1. The van der Waals surface area contributed by atoms with Crippen LogP contribution in [-0.4, -0.2) is 31.3 Å². The van der Waals surface area contributed by atoms with Crippen molar-refractivity contribution in [1.82, 2.24) is 10.6 Å². The van der Waals surface area contributed by atoms with Crippen molar-refractivity contribution in [3.63, 3.8) is 0 Å². The molecular formula is C13H19N3OS. The molecule has 4 nitrogen and oxygen atoms in total. The molecule has 0 bridgehead atoms. The van der Waals surface area contributed by atoms with Crippen molar-refractivity contribution in [3.05, 3.63) is 23.8 Å². The fraction of sp³-hybridized carbons (Fsp3) is 0.462. The number of anilines is 1. The summed E-state index contributed by atoms with van der Waals surface area (Å²) >= 11 is 1.60. The van der Waals surface area contributed by atoms with E-state index in [2.05, 4.69) is 41.1 Å². The highest BCUT2D eigenvalue weighted by Crippen LogP contribution is 2.31. The van der Waals surface area contributed by atoms with Crippen LogP contribution in [0.3, 0.4) is 0 Å². The van der Waals surface area contributed by atoms with Crippen LogP contribution >= 0.6 is 11.8 Å². The number of rotatable bonds is 6. The van der Waals surface area contributed by atoms with Gasteiger partial charge in [-0.25, -0.2) is 0 Å². The Bertz CT molecular complexity index is 423. The molecule has 18 heavy (non-hydrogen) atoms. The molecule has 0 aliphatic carbocycles. The van der Waals surface area contributed by atoms with Gasteiger partial charge in [0.1, 0.15) is 0 Å². The maximum absolute atomic E-state index is 11.3. The number of hydrogen-bond donors (Lipinski definition) is 3. The van der Waals surface area contributed by atoms with E-state index in [1.54, 1.807) is 11.8 Å². The zero-order valence-electron chi connectivity index (χ0n) is 10.6. The lowest BCUT2D eigenvalue weighted by atomic mass is 10.2. The van der Waals surface area contributed by atoms with Crippen molar-refractivity contribution in [2.45, 2.75) is 18.4 Å². The van der Waals surface area contributed by atoms with Gasteiger partial charge in [-0.2, -0.15) is 0 Å². The maximum atomic E-state index is 11.3. The molecule has 1 amide bonds. The molecule has 0 aromatic heterocycles. The molecule has 1 heterocycles. The fourth-order valence-electron chi connectivity index (χ4n) is 1.83. The lowest BCUT2D eigenvalue weighted by molar-refractivity contribution is -0.113. The Morgan fingerprint density at radius 1 is 1.33 bits per heavy atom. The summed E-state index contributed by atoms with van der Waals surface area (Å²) in [5.41, 5.74) is 2.15. The molecule has 1 aliphatic heterocycles. The number of hydrogen-bond acceptors (Lipinski definition) is 4. The topological polar surface area (TPSA) is 53.2 Å². The third-order valence-electron chi connectivity index (χ3n) is 2.73. The Kier molecular flexibility index (Phi) is 5.04. The van der Waals surface area contributed by atoms with Crippen molar-refractivity contribution >= 4 is 23.4 Å². The van der Waals surface area contributed by atoms with Crippen molar-refractivity contribution in [2.75, 3.05) is 30.7 Å². The average Bonchev–Trinajstić information content (AvgIpc) is 2.38. The fourth-order valence-corrected chi connectivity index (χ4v) is 2.62. The lowest BCUT2D eigenvalue weighted by Crippen LogP contribution is -2.26. The molecular weight excluding hydrogens is 246 g/mol. The first-order valence-corrected chi connectivity index (χ1v) is 7.25. The second-order valence-electron chi connectivity index (χ2n) is 4.20. The van der Waals surface area contributed by atoms with E-state index < -0.39 is 0 Å². The van der Waals surface area contributed by atoms with Gasteiger partial charge in [0.25, 0.3) is 0 Å². The summed E-state index contributed by atoms with van der Waals surface area (Å²) in [4.78, 5) is 12.5. The third kappa shape index (κ3) is 3.73. The minimum Gasteiger partial charge on any atom is -0.324 e. The monoisotopic (exact) mass is 265 g/mol. The van der Waals surface area contributed by atoms with Gasteiger partial charge in [0.15, 0.2) is 0 Å². The van der Waals surface area contributed by atoms with E-state index in [0.29, 0.717) is 5.75 Å². The van der Waals surface area contributed by atoms with Crippen LogP contribution < -0.4 is 16.0 Å². The van der Waals surface area contributed by atoms with Gasteiger partial charge in [0.2, 0.25) is 5.91 Å². The molecule has 0 spiro atoms. The molecule has 0 fully saturated rings. The van der Waals surface area contributed by atoms with Gasteiger partial charge in [-0.05, 0) is 24.2 Å². The number of nitrogens with one attached hydrogen (secondary N) is 3. The van der Waals surface area contributed by atoms with Crippen molar-refractivity contribution in [2.24, 2.45) is 0 Å². The van der Waals surface area contributed by atoms with E-state index in [4.69, 9.17) is 0 Å². The summed E-state index contributed by atoms with van der Waals surface area (Å²) in [5.74, 6) is 0.609. The molecule has 1 aromatic carbocycles. The Balaban J connectivity index is 1.86. The predicted octanol–water partition coefficient (Wildman–Crippen LogP) is 1.43. The lowest BCUT2D eigenvalue weighted by Gasteiger charge is -2.17. The molecule has 3 N–H and O–H groups in total. The SMILES string of the molecule is CCNCCNCc1ccc2c(c1)NC(=O)CS2. The zero-order chi connectivity index (χ0) is 12.8. The van der Waals surface area contributed by atoms with Gasteiger partial charge in [-0.15, -0.1) is 11.8 Å². The van der Waals surface area contributed by atoms with Gasteiger partial charge in [0.05, 0.1) is 11.4 Å². The van der Waals surface area contributed by atoms with E-state index in [0.717, 1.165) is 36.8 Å². The Hall–Kier alpha value is -1.04. The molecule has 0 unspecified atom stereocenters. The predicted molar refractivity (Wildman–Crippen MR) is 76.0 cm³/mol. The van der Waals surface area contributed by atoms with Crippen LogP contribution in [0.15, 0.2) is 23.1 Å². The van der Waals surface area contributed by atoms with Crippen molar-refractivity contribution in [3.8, 4) is 0 Å². The molecule has 0 atom stereocenters. The highest BCUT2D eigenvalue weighted by Gasteiger charge is 2.14. The highest BCUT2D eigenvalue weighted by molar-refractivity contribution is 8.00. The first kappa shape index (κ1) is 13.4. The minimum atomic E-state index is 0.0877. The summed E-state index contributed by atoms with van der Waals surface area (Å²) in [7, 11) is 0. The number of carbonyl (C=O) groups is 1. The number of thioether (sulfide) groups is 1. The van der Waals surface area contributed by atoms with Crippen molar-refractivity contribution < 1.29 is 4.79 Å². The van der Waals surface area contributed by atoms with E-state index in [1.165, 1.54) is 5.56 Å². The summed E-state index contributed by atoms with van der Waals surface area (Å²) in [5, 5.41) is 9.55.